The van der Waals surface area contributed by atoms with Crippen molar-refractivity contribution in [3.63, 3.8) is 0 Å². The van der Waals surface area contributed by atoms with E-state index in [0.29, 0.717) is 6.04 Å². The van der Waals surface area contributed by atoms with Crippen LogP contribution in [0.4, 0.5) is 0 Å². The summed E-state index contributed by atoms with van der Waals surface area (Å²) in [5.74, 6) is 1.66. The highest BCUT2D eigenvalue weighted by Gasteiger charge is 2.16. The fourth-order valence-electron chi connectivity index (χ4n) is 2.07. The molecular weight excluding hydrogens is 224 g/mol. The molecule has 0 aliphatic heterocycles. The second-order valence-corrected chi connectivity index (χ2v) is 5.47. The summed E-state index contributed by atoms with van der Waals surface area (Å²) in [7, 11) is 0. The predicted molar refractivity (Wildman–Crippen MR) is 73.7 cm³/mol. The third-order valence-electron chi connectivity index (χ3n) is 3.51. The molecule has 0 radical (unpaired) electrons. The van der Waals surface area contributed by atoms with Gasteiger partial charge in [-0.25, -0.2) is 4.98 Å². The minimum Gasteiger partial charge on any atom is -0.478 e. The molecule has 1 aromatic rings. The highest BCUT2D eigenvalue weighted by atomic mass is 16.5. The highest BCUT2D eigenvalue weighted by molar-refractivity contribution is 5.20. The molecule has 1 saturated carbocycles. The van der Waals surface area contributed by atoms with Crippen LogP contribution in [0.2, 0.25) is 0 Å². The normalized spacial score (nSPS) is 15.7. The average Bonchev–Trinajstić information content (AvgIpc) is 2.30. The maximum atomic E-state index is 5.72. The van der Waals surface area contributed by atoms with Crippen LogP contribution in [0.15, 0.2) is 18.3 Å². The maximum absolute atomic E-state index is 5.72. The van der Waals surface area contributed by atoms with E-state index in [1.54, 1.807) is 0 Å². The quantitative estimate of drug-likeness (QED) is 0.805. The summed E-state index contributed by atoms with van der Waals surface area (Å²) in [5.41, 5.74) is 1.23. The van der Waals surface area contributed by atoms with Gasteiger partial charge in [-0.05, 0) is 24.0 Å². The lowest BCUT2D eigenvalue weighted by molar-refractivity contribution is 0.217. The van der Waals surface area contributed by atoms with Gasteiger partial charge in [-0.15, -0.1) is 0 Å². The second kappa shape index (κ2) is 6.74. The van der Waals surface area contributed by atoms with E-state index in [-0.39, 0.29) is 0 Å². The molecule has 3 heteroatoms. The highest BCUT2D eigenvalue weighted by Crippen LogP contribution is 2.29. The standard InChI is InChI=1S/C15H24N2O/c1-12(2)17-11-14-6-8-16-15(10-14)18-9-7-13-4-3-5-13/h6,8,10,12-13,17H,3-5,7,9,11H2,1-2H3. The van der Waals surface area contributed by atoms with Gasteiger partial charge in [0.05, 0.1) is 6.61 Å². The second-order valence-electron chi connectivity index (χ2n) is 5.47. The van der Waals surface area contributed by atoms with E-state index in [1.807, 2.05) is 18.3 Å². The summed E-state index contributed by atoms with van der Waals surface area (Å²) >= 11 is 0. The van der Waals surface area contributed by atoms with Gasteiger partial charge in [-0.1, -0.05) is 33.1 Å². The van der Waals surface area contributed by atoms with Crippen molar-refractivity contribution in [2.45, 2.75) is 52.1 Å². The molecule has 0 aromatic carbocycles. The van der Waals surface area contributed by atoms with Gasteiger partial charge in [0.2, 0.25) is 5.88 Å². The Morgan fingerprint density at radius 1 is 1.44 bits per heavy atom. The van der Waals surface area contributed by atoms with Gasteiger partial charge in [-0.2, -0.15) is 0 Å². The van der Waals surface area contributed by atoms with Crippen molar-refractivity contribution in [2.24, 2.45) is 5.92 Å². The Bertz CT molecular complexity index is 361. The first-order valence-electron chi connectivity index (χ1n) is 7.05. The molecule has 0 amide bonds. The molecule has 1 fully saturated rings. The van der Waals surface area contributed by atoms with Crippen LogP contribution in [0.3, 0.4) is 0 Å². The van der Waals surface area contributed by atoms with Crippen LogP contribution in [-0.2, 0) is 6.54 Å². The number of rotatable bonds is 7. The van der Waals surface area contributed by atoms with Crippen molar-refractivity contribution in [1.82, 2.24) is 10.3 Å². The van der Waals surface area contributed by atoms with Crippen molar-refractivity contribution in [2.75, 3.05) is 6.61 Å². The fourth-order valence-corrected chi connectivity index (χ4v) is 2.07. The molecular formula is C15H24N2O. The molecule has 0 spiro atoms. The van der Waals surface area contributed by atoms with Crippen LogP contribution in [0.1, 0.15) is 45.1 Å². The first-order valence-corrected chi connectivity index (χ1v) is 7.05. The Labute approximate surface area is 110 Å². The molecule has 0 unspecified atom stereocenters. The van der Waals surface area contributed by atoms with Crippen molar-refractivity contribution in [3.05, 3.63) is 23.9 Å². The number of hydrogen-bond donors (Lipinski definition) is 1. The third kappa shape index (κ3) is 4.30. The molecule has 100 valence electrons. The van der Waals surface area contributed by atoms with Crippen molar-refractivity contribution in [1.29, 1.82) is 0 Å². The molecule has 1 aromatic heterocycles. The molecule has 0 atom stereocenters. The van der Waals surface area contributed by atoms with Crippen molar-refractivity contribution in [3.8, 4) is 5.88 Å². The number of pyridine rings is 1. The molecule has 2 rings (SSSR count). The predicted octanol–water partition coefficient (Wildman–Crippen LogP) is 3.15. The number of nitrogens with zero attached hydrogens (tertiary/aromatic N) is 1. The molecule has 1 aliphatic rings. The lowest BCUT2D eigenvalue weighted by Crippen LogP contribution is -2.21. The third-order valence-corrected chi connectivity index (χ3v) is 3.51. The van der Waals surface area contributed by atoms with Gasteiger partial charge < -0.3 is 10.1 Å². The lowest BCUT2D eigenvalue weighted by Gasteiger charge is -2.24. The van der Waals surface area contributed by atoms with Crippen LogP contribution in [0, 0.1) is 5.92 Å². The van der Waals surface area contributed by atoms with Gasteiger partial charge in [-0.3, -0.25) is 0 Å². The summed E-state index contributed by atoms with van der Waals surface area (Å²) in [6.07, 6.45) is 7.18. The van der Waals surface area contributed by atoms with E-state index in [0.717, 1.165) is 24.9 Å². The summed E-state index contributed by atoms with van der Waals surface area (Å²) in [5, 5.41) is 3.40. The van der Waals surface area contributed by atoms with Gasteiger partial charge in [0, 0.05) is 24.8 Å². The van der Waals surface area contributed by atoms with E-state index < -0.39 is 0 Å². The summed E-state index contributed by atoms with van der Waals surface area (Å²) < 4.78 is 5.72. The Balaban J connectivity index is 1.75. The minimum absolute atomic E-state index is 0.501. The largest absolute Gasteiger partial charge is 0.478 e. The number of nitrogens with one attached hydrogen (secondary N) is 1. The zero-order chi connectivity index (χ0) is 12.8. The van der Waals surface area contributed by atoms with Crippen LogP contribution < -0.4 is 10.1 Å². The van der Waals surface area contributed by atoms with E-state index in [9.17, 15) is 0 Å². The molecule has 3 nitrogen and oxygen atoms in total. The average molecular weight is 248 g/mol. The zero-order valence-electron chi connectivity index (χ0n) is 11.5. The first-order chi connectivity index (χ1) is 8.74. The summed E-state index contributed by atoms with van der Waals surface area (Å²) in [6.45, 7) is 5.98. The summed E-state index contributed by atoms with van der Waals surface area (Å²) in [4.78, 5) is 4.26. The lowest BCUT2D eigenvalue weighted by atomic mass is 9.83. The molecule has 0 bridgehead atoms. The zero-order valence-corrected chi connectivity index (χ0v) is 11.5. The first kappa shape index (κ1) is 13.3. The van der Waals surface area contributed by atoms with E-state index in [2.05, 4.69) is 24.1 Å². The van der Waals surface area contributed by atoms with Gasteiger partial charge in [0.1, 0.15) is 0 Å². The van der Waals surface area contributed by atoms with E-state index in [1.165, 1.54) is 31.2 Å². The van der Waals surface area contributed by atoms with Crippen LogP contribution >= 0.6 is 0 Å². The van der Waals surface area contributed by atoms with Crippen molar-refractivity contribution < 1.29 is 4.74 Å². The van der Waals surface area contributed by atoms with Gasteiger partial charge in [0.25, 0.3) is 0 Å². The molecule has 18 heavy (non-hydrogen) atoms. The topological polar surface area (TPSA) is 34.2 Å². The Hall–Kier alpha value is -1.09. The fraction of sp³-hybridized carbons (Fsp3) is 0.667. The Morgan fingerprint density at radius 3 is 2.94 bits per heavy atom. The smallest absolute Gasteiger partial charge is 0.213 e. The van der Waals surface area contributed by atoms with E-state index in [4.69, 9.17) is 4.74 Å². The van der Waals surface area contributed by atoms with Crippen LogP contribution in [-0.4, -0.2) is 17.6 Å². The Kier molecular flexibility index (Phi) is 5.00. The molecule has 1 aliphatic carbocycles. The molecule has 0 saturated heterocycles. The SMILES string of the molecule is CC(C)NCc1ccnc(OCCC2CCC2)c1. The minimum atomic E-state index is 0.501. The summed E-state index contributed by atoms with van der Waals surface area (Å²) in [6, 6.07) is 4.57. The monoisotopic (exact) mass is 248 g/mol. The van der Waals surface area contributed by atoms with Gasteiger partial charge >= 0.3 is 0 Å². The Morgan fingerprint density at radius 2 is 2.28 bits per heavy atom. The van der Waals surface area contributed by atoms with Crippen LogP contribution in [0.5, 0.6) is 5.88 Å². The molecule has 1 heterocycles. The number of ether oxygens (including phenoxy) is 1. The van der Waals surface area contributed by atoms with Gasteiger partial charge in [0.15, 0.2) is 0 Å². The molecule has 1 N–H and O–H groups in total. The maximum Gasteiger partial charge on any atom is 0.213 e. The van der Waals surface area contributed by atoms with Crippen LogP contribution in [0.25, 0.3) is 0 Å². The number of aromatic nitrogens is 1. The van der Waals surface area contributed by atoms with E-state index >= 15 is 0 Å². The number of hydrogen-bond acceptors (Lipinski definition) is 3. The van der Waals surface area contributed by atoms with Crippen molar-refractivity contribution >= 4 is 0 Å².